The van der Waals surface area contributed by atoms with Crippen LogP contribution in [0.1, 0.15) is 13.8 Å². The van der Waals surface area contributed by atoms with Crippen LogP contribution in [0.3, 0.4) is 0 Å². The van der Waals surface area contributed by atoms with Crippen LogP contribution in [0.4, 0.5) is 0 Å². The average Bonchev–Trinajstić information content (AvgIpc) is 2.50. The molecule has 0 aromatic heterocycles. The van der Waals surface area contributed by atoms with Crippen molar-refractivity contribution in [2.45, 2.75) is 26.1 Å². The molecule has 0 N–H and O–H groups in total. The zero-order valence-electron chi connectivity index (χ0n) is 13.4. The van der Waals surface area contributed by atoms with Crippen molar-refractivity contribution >= 4 is 11.8 Å². The highest BCUT2D eigenvalue weighted by Gasteiger charge is 2.36. The van der Waals surface area contributed by atoms with Crippen LogP contribution in [0.2, 0.25) is 0 Å². The number of hydrogen-bond acceptors (Lipinski definition) is 4. The lowest BCUT2D eigenvalue weighted by molar-refractivity contribution is -0.148. The standard InChI is InChI=1S/C16H22N2O4/c1-5-18(10-14(19)17(3)4)16(20)15-11(2)21-12-8-6-7-9-13(12)22-15/h6-9,11,15H,5,10H2,1-4H3. The van der Waals surface area contributed by atoms with E-state index in [0.717, 1.165) is 0 Å². The Morgan fingerprint density at radius 2 is 1.73 bits per heavy atom. The van der Waals surface area contributed by atoms with Crippen LogP contribution in [0.5, 0.6) is 11.5 Å². The molecule has 0 aliphatic carbocycles. The topological polar surface area (TPSA) is 59.1 Å². The highest BCUT2D eigenvalue weighted by molar-refractivity contribution is 5.87. The second-order valence-electron chi connectivity index (χ2n) is 5.45. The number of carbonyl (C=O) groups is 2. The van der Waals surface area contributed by atoms with Gasteiger partial charge in [0.2, 0.25) is 12.0 Å². The van der Waals surface area contributed by atoms with Crippen LogP contribution in [-0.4, -0.2) is 61.0 Å². The van der Waals surface area contributed by atoms with E-state index in [2.05, 4.69) is 0 Å². The number of benzene rings is 1. The summed E-state index contributed by atoms with van der Waals surface area (Å²) < 4.78 is 11.5. The second kappa shape index (κ2) is 6.68. The Bertz CT molecular complexity index is 559. The van der Waals surface area contributed by atoms with E-state index < -0.39 is 12.2 Å². The largest absolute Gasteiger partial charge is 0.482 e. The van der Waals surface area contributed by atoms with Gasteiger partial charge in [0.15, 0.2) is 11.5 Å². The summed E-state index contributed by atoms with van der Waals surface area (Å²) in [5, 5.41) is 0. The van der Waals surface area contributed by atoms with Crippen LogP contribution < -0.4 is 9.47 Å². The van der Waals surface area contributed by atoms with Crippen molar-refractivity contribution in [3.05, 3.63) is 24.3 Å². The fourth-order valence-corrected chi connectivity index (χ4v) is 2.22. The van der Waals surface area contributed by atoms with Crippen LogP contribution >= 0.6 is 0 Å². The van der Waals surface area contributed by atoms with Crippen molar-refractivity contribution in [3.63, 3.8) is 0 Å². The first-order chi connectivity index (χ1) is 10.4. The van der Waals surface area contributed by atoms with Gasteiger partial charge < -0.3 is 19.3 Å². The van der Waals surface area contributed by atoms with Crippen molar-refractivity contribution in [2.24, 2.45) is 0 Å². The lowest BCUT2D eigenvalue weighted by atomic mass is 10.1. The summed E-state index contributed by atoms with van der Waals surface area (Å²) in [6.07, 6.45) is -1.16. The molecule has 22 heavy (non-hydrogen) atoms. The maximum absolute atomic E-state index is 12.7. The Labute approximate surface area is 130 Å². The Balaban J connectivity index is 2.12. The first-order valence-electron chi connectivity index (χ1n) is 7.35. The van der Waals surface area contributed by atoms with E-state index in [0.29, 0.717) is 18.0 Å². The van der Waals surface area contributed by atoms with Gasteiger partial charge in [-0.3, -0.25) is 9.59 Å². The summed E-state index contributed by atoms with van der Waals surface area (Å²) in [7, 11) is 3.33. The molecule has 2 atom stereocenters. The minimum absolute atomic E-state index is 0.0383. The molecule has 0 saturated carbocycles. The van der Waals surface area contributed by atoms with Crippen LogP contribution in [0.15, 0.2) is 24.3 Å². The van der Waals surface area contributed by atoms with Gasteiger partial charge in [-0.1, -0.05) is 12.1 Å². The van der Waals surface area contributed by atoms with Crippen molar-refractivity contribution in [2.75, 3.05) is 27.2 Å². The summed E-state index contributed by atoms with van der Waals surface area (Å²) in [5.41, 5.74) is 0. The lowest BCUT2D eigenvalue weighted by Gasteiger charge is -2.34. The van der Waals surface area contributed by atoms with E-state index >= 15 is 0 Å². The predicted molar refractivity (Wildman–Crippen MR) is 81.9 cm³/mol. The zero-order chi connectivity index (χ0) is 16.3. The van der Waals surface area contributed by atoms with Crippen LogP contribution in [0.25, 0.3) is 0 Å². The van der Waals surface area contributed by atoms with Gasteiger partial charge in [-0.05, 0) is 26.0 Å². The first kappa shape index (κ1) is 16.1. The number of fused-ring (bicyclic) bond motifs is 1. The summed E-state index contributed by atoms with van der Waals surface area (Å²) in [6, 6.07) is 7.25. The third kappa shape index (κ3) is 3.32. The molecule has 2 rings (SSSR count). The smallest absolute Gasteiger partial charge is 0.268 e. The Morgan fingerprint density at radius 3 is 2.27 bits per heavy atom. The van der Waals surface area contributed by atoms with E-state index in [1.54, 1.807) is 33.2 Å². The molecule has 1 heterocycles. The fourth-order valence-electron chi connectivity index (χ4n) is 2.22. The number of para-hydroxylation sites is 2. The molecule has 2 unspecified atom stereocenters. The van der Waals surface area contributed by atoms with Crippen molar-refractivity contribution in [3.8, 4) is 11.5 Å². The third-order valence-corrected chi connectivity index (χ3v) is 3.60. The maximum atomic E-state index is 12.7. The molecule has 0 radical (unpaired) electrons. The molecule has 0 bridgehead atoms. The molecule has 120 valence electrons. The molecule has 6 nitrogen and oxygen atoms in total. The molecule has 1 aromatic carbocycles. The summed E-state index contributed by atoms with van der Waals surface area (Å²) in [6.45, 7) is 4.10. The van der Waals surface area contributed by atoms with Gasteiger partial charge in [-0.25, -0.2) is 0 Å². The number of amides is 2. The quantitative estimate of drug-likeness (QED) is 0.837. The van der Waals surface area contributed by atoms with E-state index in [-0.39, 0.29) is 18.4 Å². The molecular formula is C16H22N2O4. The molecular weight excluding hydrogens is 284 g/mol. The SMILES string of the molecule is CCN(CC(=O)N(C)C)C(=O)C1Oc2ccccc2OC1C. The molecule has 2 amide bonds. The van der Waals surface area contributed by atoms with Crippen LogP contribution in [-0.2, 0) is 9.59 Å². The molecule has 1 aliphatic heterocycles. The van der Waals surface area contributed by atoms with Gasteiger partial charge in [0.25, 0.3) is 5.91 Å². The number of likely N-dealkylation sites (N-methyl/N-ethyl adjacent to an activating group) is 2. The normalized spacial score (nSPS) is 19.5. The van der Waals surface area contributed by atoms with E-state index in [4.69, 9.17) is 9.47 Å². The van der Waals surface area contributed by atoms with E-state index in [1.807, 2.05) is 19.1 Å². The van der Waals surface area contributed by atoms with Crippen LogP contribution in [0, 0.1) is 0 Å². The summed E-state index contributed by atoms with van der Waals surface area (Å²) >= 11 is 0. The average molecular weight is 306 g/mol. The predicted octanol–water partition coefficient (Wildman–Crippen LogP) is 1.15. The second-order valence-corrected chi connectivity index (χ2v) is 5.45. The minimum Gasteiger partial charge on any atom is -0.482 e. The zero-order valence-corrected chi connectivity index (χ0v) is 13.4. The van der Waals surface area contributed by atoms with Gasteiger partial charge in [-0.15, -0.1) is 0 Å². The highest BCUT2D eigenvalue weighted by atomic mass is 16.6. The molecule has 6 heteroatoms. The van der Waals surface area contributed by atoms with E-state index in [9.17, 15) is 9.59 Å². The molecule has 0 fully saturated rings. The van der Waals surface area contributed by atoms with Crippen molar-refractivity contribution < 1.29 is 19.1 Å². The van der Waals surface area contributed by atoms with Crippen molar-refractivity contribution in [1.29, 1.82) is 0 Å². The fraction of sp³-hybridized carbons (Fsp3) is 0.500. The Morgan fingerprint density at radius 1 is 1.14 bits per heavy atom. The molecule has 1 aromatic rings. The molecule has 1 aliphatic rings. The van der Waals surface area contributed by atoms with Crippen molar-refractivity contribution in [1.82, 2.24) is 9.80 Å². The number of ether oxygens (including phenoxy) is 2. The number of hydrogen-bond donors (Lipinski definition) is 0. The maximum Gasteiger partial charge on any atom is 0.268 e. The van der Waals surface area contributed by atoms with Gasteiger partial charge >= 0.3 is 0 Å². The minimum atomic E-state index is -0.746. The molecule has 0 spiro atoms. The number of nitrogens with zero attached hydrogens (tertiary/aromatic N) is 2. The summed E-state index contributed by atoms with van der Waals surface area (Å²) in [5.74, 6) is 0.820. The number of carbonyl (C=O) groups excluding carboxylic acids is 2. The number of rotatable bonds is 4. The first-order valence-corrected chi connectivity index (χ1v) is 7.35. The lowest BCUT2D eigenvalue weighted by Crippen LogP contribution is -2.52. The van der Waals surface area contributed by atoms with Gasteiger partial charge in [-0.2, -0.15) is 0 Å². The van der Waals surface area contributed by atoms with Gasteiger partial charge in [0.1, 0.15) is 6.10 Å². The van der Waals surface area contributed by atoms with Gasteiger partial charge in [0, 0.05) is 20.6 Å². The monoisotopic (exact) mass is 306 g/mol. The van der Waals surface area contributed by atoms with E-state index in [1.165, 1.54) is 9.80 Å². The Kier molecular flexibility index (Phi) is 4.90. The molecule has 0 saturated heterocycles. The summed E-state index contributed by atoms with van der Waals surface area (Å²) in [4.78, 5) is 27.4. The Hall–Kier alpha value is -2.24. The van der Waals surface area contributed by atoms with Gasteiger partial charge in [0.05, 0.1) is 6.54 Å². The third-order valence-electron chi connectivity index (χ3n) is 3.60. The highest BCUT2D eigenvalue weighted by Crippen LogP contribution is 2.33.